The third-order valence-corrected chi connectivity index (χ3v) is 9.23. The van der Waals surface area contributed by atoms with Crippen LogP contribution in [0.3, 0.4) is 0 Å². The van der Waals surface area contributed by atoms with Gasteiger partial charge in [0, 0.05) is 22.5 Å². The second-order valence-electron chi connectivity index (χ2n) is 9.03. The van der Waals surface area contributed by atoms with E-state index in [0.717, 1.165) is 11.1 Å². The zero-order valence-corrected chi connectivity index (χ0v) is 24.7. The number of nitrogens with one attached hydrogen (secondary N) is 2. The summed E-state index contributed by atoms with van der Waals surface area (Å²) < 4.78 is 34.9. The Morgan fingerprint density at radius 2 is 0.952 bits per heavy atom. The topological polar surface area (TPSA) is 151 Å². The lowest BCUT2D eigenvalue weighted by Gasteiger charge is -2.17. The third-order valence-electron chi connectivity index (χ3n) is 6.13. The Hall–Kier alpha value is -3.88. The molecule has 0 aliphatic rings. The third kappa shape index (κ3) is 7.69. The fourth-order valence-corrected chi connectivity index (χ4v) is 6.13. The standard InChI is InChI=1S/C30H30N2O8P2/c1-3-39-42(38,40-4-2)28-19-15-26(16-20-28)32-30(34)24-11-7-22(8-12-24)21-5-9-23(10-6-21)29(33)31-25-13-17-27(18-14-25)41(35,36)37/h5-20H,3-4H2,1-2H3,(H,31,33)(H,32,34)(H2,35,36,37). The van der Waals surface area contributed by atoms with Crippen LogP contribution in [0.2, 0.25) is 0 Å². The highest BCUT2D eigenvalue weighted by atomic mass is 31.2. The quantitative estimate of drug-likeness (QED) is 0.162. The van der Waals surface area contributed by atoms with Crippen LogP contribution >= 0.6 is 15.2 Å². The molecule has 0 heterocycles. The minimum Gasteiger partial charge on any atom is -0.322 e. The number of hydrogen-bond donors (Lipinski definition) is 4. The molecule has 0 aliphatic carbocycles. The maximum Gasteiger partial charge on any atom is 0.361 e. The van der Waals surface area contributed by atoms with Crippen molar-refractivity contribution in [2.75, 3.05) is 23.8 Å². The van der Waals surface area contributed by atoms with Gasteiger partial charge in [-0.05, 0) is 97.8 Å². The van der Waals surface area contributed by atoms with Crippen molar-refractivity contribution in [3.8, 4) is 11.1 Å². The van der Waals surface area contributed by atoms with Gasteiger partial charge in [-0.1, -0.05) is 24.3 Å². The number of benzene rings is 4. The van der Waals surface area contributed by atoms with E-state index in [1.165, 1.54) is 24.3 Å². The fraction of sp³-hybridized carbons (Fsp3) is 0.133. The number of hydrogen-bond acceptors (Lipinski definition) is 6. The highest BCUT2D eigenvalue weighted by Gasteiger charge is 2.26. The molecular weight excluding hydrogens is 578 g/mol. The first-order chi connectivity index (χ1) is 20.0. The molecule has 12 heteroatoms. The fourth-order valence-electron chi connectivity index (χ4n) is 4.03. The summed E-state index contributed by atoms with van der Waals surface area (Å²) in [4.78, 5) is 43.8. The van der Waals surface area contributed by atoms with E-state index in [2.05, 4.69) is 10.6 Å². The molecule has 0 aliphatic heterocycles. The van der Waals surface area contributed by atoms with Gasteiger partial charge in [0.1, 0.15) is 0 Å². The van der Waals surface area contributed by atoms with Gasteiger partial charge in [0.25, 0.3) is 11.8 Å². The molecular formula is C30H30N2O8P2. The lowest BCUT2D eigenvalue weighted by molar-refractivity contribution is 0.101. The van der Waals surface area contributed by atoms with Crippen molar-refractivity contribution in [1.82, 2.24) is 0 Å². The van der Waals surface area contributed by atoms with Gasteiger partial charge in [0.05, 0.1) is 23.8 Å². The number of carbonyl (C=O) groups is 2. The molecule has 218 valence electrons. The summed E-state index contributed by atoms with van der Waals surface area (Å²) in [7, 11) is -7.76. The molecule has 4 aromatic rings. The maximum atomic E-state index is 12.9. The summed E-state index contributed by atoms with van der Waals surface area (Å²) in [6, 6.07) is 25.8. The molecule has 4 N–H and O–H groups in total. The Bertz CT molecular complexity index is 1620. The van der Waals surface area contributed by atoms with Crippen LogP contribution in [0, 0.1) is 0 Å². The second kappa shape index (κ2) is 13.4. The zero-order chi connectivity index (χ0) is 30.3. The predicted octanol–water partition coefficient (Wildman–Crippen LogP) is 5.55. The Labute approximate surface area is 243 Å². The summed E-state index contributed by atoms with van der Waals surface area (Å²) in [5.74, 6) is -0.683. The monoisotopic (exact) mass is 608 g/mol. The van der Waals surface area contributed by atoms with Crippen LogP contribution in [-0.2, 0) is 18.2 Å². The van der Waals surface area contributed by atoms with Crippen molar-refractivity contribution < 1.29 is 37.6 Å². The van der Waals surface area contributed by atoms with Crippen molar-refractivity contribution in [1.29, 1.82) is 0 Å². The van der Waals surface area contributed by atoms with Gasteiger partial charge >= 0.3 is 15.2 Å². The summed E-state index contributed by atoms with van der Waals surface area (Å²) in [6.45, 7) is 3.96. The van der Waals surface area contributed by atoms with Crippen molar-refractivity contribution in [2.24, 2.45) is 0 Å². The highest BCUT2D eigenvalue weighted by Crippen LogP contribution is 2.46. The van der Waals surface area contributed by atoms with E-state index in [9.17, 15) is 28.5 Å². The van der Waals surface area contributed by atoms with Gasteiger partial charge in [-0.15, -0.1) is 0 Å². The molecule has 0 atom stereocenters. The lowest BCUT2D eigenvalue weighted by atomic mass is 10.0. The van der Waals surface area contributed by atoms with Crippen LogP contribution in [0.15, 0.2) is 97.1 Å². The predicted molar refractivity (Wildman–Crippen MR) is 163 cm³/mol. The first-order valence-electron chi connectivity index (χ1n) is 13.0. The van der Waals surface area contributed by atoms with E-state index < -0.39 is 15.2 Å². The van der Waals surface area contributed by atoms with E-state index in [1.54, 1.807) is 86.6 Å². The minimum atomic E-state index is -4.35. The second-order valence-corrected chi connectivity index (χ2v) is 12.7. The largest absolute Gasteiger partial charge is 0.361 e. The molecule has 0 saturated heterocycles. The zero-order valence-electron chi connectivity index (χ0n) is 22.9. The van der Waals surface area contributed by atoms with Crippen molar-refractivity contribution in [2.45, 2.75) is 13.8 Å². The summed E-state index contributed by atoms with van der Waals surface area (Å²) in [6.07, 6.45) is 0. The number of rotatable bonds is 11. The first kappa shape index (κ1) is 31.1. The van der Waals surface area contributed by atoms with Crippen LogP contribution in [0.1, 0.15) is 34.6 Å². The summed E-state index contributed by atoms with van der Waals surface area (Å²) in [5.41, 5.74) is 3.46. The molecule has 4 aromatic carbocycles. The molecule has 0 radical (unpaired) electrons. The van der Waals surface area contributed by atoms with Gasteiger partial charge in [0.2, 0.25) is 0 Å². The minimum absolute atomic E-state index is 0.129. The van der Waals surface area contributed by atoms with E-state index in [-0.39, 0.29) is 30.3 Å². The maximum absolute atomic E-state index is 12.9. The van der Waals surface area contributed by atoms with Crippen LogP contribution in [-0.4, -0.2) is 34.8 Å². The Morgan fingerprint density at radius 1 is 0.595 bits per heavy atom. The first-order valence-corrected chi connectivity index (χ1v) is 16.2. The van der Waals surface area contributed by atoms with Gasteiger partial charge in [0.15, 0.2) is 0 Å². The van der Waals surface area contributed by atoms with Crippen LogP contribution in [0.25, 0.3) is 11.1 Å². The van der Waals surface area contributed by atoms with Gasteiger partial charge < -0.3 is 29.5 Å². The number of carbonyl (C=O) groups excluding carboxylic acids is 2. The molecule has 0 spiro atoms. The van der Waals surface area contributed by atoms with Crippen LogP contribution in [0.4, 0.5) is 11.4 Å². The van der Waals surface area contributed by atoms with E-state index in [4.69, 9.17) is 9.05 Å². The number of anilines is 2. The lowest BCUT2D eigenvalue weighted by Crippen LogP contribution is -2.14. The van der Waals surface area contributed by atoms with Crippen LogP contribution < -0.4 is 21.2 Å². The molecule has 0 fully saturated rings. The highest BCUT2D eigenvalue weighted by molar-refractivity contribution is 7.62. The molecule has 0 aromatic heterocycles. The van der Waals surface area contributed by atoms with E-state index in [0.29, 0.717) is 27.8 Å². The Kier molecular flexibility index (Phi) is 9.91. The average Bonchev–Trinajstić information content (AvgIpc) is 2.98. The molecule has 0 saturated carbocycles. The Morgan fingerprint density at radius 3 is 1.29 bits per heavy atom. The molecule has 10 nitrogen and oxygen atoms in total. The van der Waals surface area contributed by atoms with Gasteiger partial charge in [-0.25, -0.2) is 0 Å². The van der Waals surface area contributed by atoms with Crippen molar-refractivity contribution in [3.63, 3.8) is 0 Å². The SMILES string of the molecule is CCOP(=O)(OCC)c1ccc(NC(=O)c2ccc(-c3ccc(C(=O)Nc4ccc(P(=O)(O)O)cc4)cc3)cc2)cc1. The van der Waals surface area contributed by atoms with Gasteiger partial charge in [-0.3, -0.25) is 18.7 Å². The van der Waals surface area contributed by atoms with E-state index in [1.807, 2.05) is 0 Å². The van der Waals surface area contributed by atoms with E-state index >= 15 is 0 Å². The summed E-state index contributed by atoms with van der Waals surface area (Å²) >= 11 is 0. The van der Waals surface area contributed by atoms with Crippen molar-refractivity contribution in [3.05, 3.63) is 108 Å². The van der Waals surface area contributed by atoms with Crippen molar-refractivity contribution >= 4 is 49.0 Å². The van der Waals surface area contributed by atoms with Crippen LogP contribution in [0.5, 0.6) is 0 Å². The molecule has 0 bridgehead atoms. The molecule has 0 unspecified atom stereocenters. The molecule has 4 rings (SSSR count). The van der Waals surface area contributed by atoms with Gasteiger partial charge in [-0.2, -0.15) is 0 Å². The number of amides is 2. The molecule has 2 amide bonds. The average molecular weight is 609 g/mol. The normalized spacial score (nSPS) is 11.6. The Balaban J connectivity index is 1.37. The molecule has 42 heavy (non-hydrogen) atoms. The smallest absolute Gasteiger partial charge is 0.322 e. The summed E-state index contributed by atoms with van der Waals surface area (Å²) in [5, 5.41) is 5.79.